The molecule has 88 valence electrons. The molecule has 16 heavy (non-hydrogen) atoms. The van der Waals surface area contributed by atoms with Crippen LogP contribution in [0.15, 0.2) is 4.47 Å². The Morgan fingerprint density at radius 2 is 2.19 bits per heavy atom. The Hall–Kier alpha value is -0.840. The summed E-state index contributed by atoms with van der Waals surface area (Å²) in [4.78, 5) is 0. The lowest BCUT2D eigenvalue weighted by molar-refractivity contribution is 0.402. The maximum Gasteiger partial charge on any atom is 0.0911 e. The largest absolute Gasteiger partial charge is 0.388 e. The predicted octanol–water partition coefficient (Wildman–Crippen LogP) is 2.37. The van der Waals surface area contributed by atoms with E-state index in [2.05, 4.69) is 28.0 Å². The number of nitrogens with two attached hydrogens (primary N) is 1. The molecule has 4 nitrogen and oxygen atoms in total. The number of aryl methyl sites for hydroxylation is 1. The molecule has 2 rings (SSSR count). The van der Waals surface area contributed by atoms with Crippen LogP contribution in [0.1, 0.15) is 30.7 Å². The lowest BCUT2D eigenvalue weighted by Gasteiger charge is -2.15. The van der Waals surface area contributed by atoms with E-state index >= 15 is 0 Å². The van der Waals surface area contributed by atoms with Gasteiger partial charge < -0.3 is 5.73 Å². The first-order valence-electron chi connectivity index (χ1n) is 5.46. The van der Waals surface area contributed by atoms with Crippen molar-refractivity contribution < 1.29 is 0 Å². The van der Waals surface area contributed by atoms with Crippen LogP contribution >= 0.6 is 15.9 Å². The van der Waals surface area contributed by atoms with Gasteiger partial charge in [0, 0.05) is 18.7 Å². The van der Waals surface area contributed by atoms with Crippen LogP contribution in [0.25, 0.3) is 0 Å². The second kappa shape index (κ2) is 3.87. The summed E-state index contributed by atoms with van der Waals surface area (Å²) >= 11 is 3.53. The van der Waals surface area contributed by atoms with Crippen LogP contribution in [0.5, 0.6) is 0 Å². The highest BCUT2D eigenvalue weighted by atomic mass is 79.9. The third kappa shape index (κ3) is 2.14. The molecule has 3 N–H and O–H groups in total. The van der Waals surface area contributed by atoms with Gasteiger partial charge in [-0.1, -0.05) is 0 Å². The maximum absolute atomic E-state index is 7.40. The monoisotopic (exact) mass is 284 g/mol. The predicted molar refractivity (Wildman–Crippen MR) is 67.6 cm³/mol. The van der Waals surface area contributed by atoms with E-state index in [1.165, 1.54) is 0 Å². The summed E-state index contributed by atoms with van der Waals surface area (Å²) in [5, 5.41) is 11.9. The summed E-state index contributed by atoms with van der Waals surface area (Å²) in [6.45, 7) is 4.94. The first-order valence-corrected chi connectivity index (χ1v) is 6.25. The fraction of sp³-hybridized carbons (Fsp3) is 0.636. The molecule has 0 amide bonds. The zero-order valence-electron chi connectivity index (χ0n) is 9.68. The number of aromatic nitrogens is 2. The van der Waals surface area contributed by atoms with Crippen molar-refractivity contribution in [1.82, 2.24) is 9.78 Å². The first kappa shape index (κ1) is 11.6. The van der Waals surface area contributed by atoms with Gasteiger partial charge in [0.2, 0.25) is 0 Å². The van der Waals surface area contributed by atoms with Crippen molar-refractivity contribution in [2.45, 2.75) is 39.7 Å². The average Bonchev–Trinajstić information content (AvgIpc) is 2.88. The highest BCUT2D eigenvalue weighted by Gasteiger charge is 2.43. The third-order valence-electron chi connectivity index (χ3n) is 3.30. The summed E-state index contributed by atoms with van der Waals surface area (Å²) in [5.41, 5.74) is 7.88. The lowest BCUT2D eigenvalue weighted by atomic mass is 10.0. The molecular weight excluding hydrogens is 268 g/mol. The zero-order chi connectivity index (χ0) is 11.9. The molecule has 1 aliphatic rings. The van der Waals surface area contributed by atoms with Gasteiger partial charge in [-0.15, -0.1) is 0 Å². The van der Waals surface area contributed by atoms with Crippen molar-refractivity contribution in [2.24, 2.45) is 11.1 Å². The maximum atomic E-state index is 7.40. The average molecular weight is 285 g/mol. The Balaban J connectivity index is 2.15. The Kier molecular flexibility index (Phi) is 2.82. The topological polar surface area (TPSA) is 67.7 Å². The molecule has 0 bridgehead atoms. The molecule has 1 fully saturated rings. The molecule has 1 heterocycles. The van der Waals surface area contributed by atoms with Crippen LogP contribution in [0.4, 0.5) is 0 Å². The molecule has 0 aromatic carbocycles. The van der Waals surface area contributed by atoms with Crippen molar-refractivity contribution in [3.8, 4) is 0 Å². The molecule has 0 atom stereocenters. The summed E-state index contributed by atoms with van der Waals surface area (Å²) in [6.07, 6.45) is 3.01. The summed E-state index contributed by atoms with van der Waals surface area (Å²) in [5.74, 6) is 0.290. The van der Waals surface area contributed by atoms with Gasteiger partial charge in [-0.05, 0) is 48.0 Å². The van der Waals surface area contributed by atoms with E-state index < -0.39 is 0 Å². The van der Waals surface area contributed by atoms with Gasteiger partial charge in [-0.3, -0.25) is 10.1 Å². The van der Waals surface area contributed by atoms with Gasteiger partial charge in [0.05, 0.1) is 16.0 Å². The molecule has 0 saturated heterocycles. The van der Waals surface area contributed by atoms with Crippen LogP contribution < -0.4 is 5.73 Å². The van der Waals surface area contributed by atoms with Crippen LogP contribution in [0.3, 0.4) is 0 Å². The molecule has 0 spiro atoms. The van der Waals surface area contributed by atoms with Crippen LogP contribution in [0.2, 0.25) is 0 Å². The number of hydrogen-bond acceptors (Lipinski definition) is 2. The molecule has 0 radical (unpaired) electrons. The van der Waals surface area contributed by atoms with Gasteiger partial charge in [-0.2, -0.15) is 5.10 Å². The van der Waals surface area contributed by atoms with Gasteiger partial charge in [-0.25, -0.2) is 0 Å². The normalized spacial score (nSPS) is 17.4. The number of nitrogens with zero attached hydrogens (tertiary/aromatic N) is 2. The molecule has 1 aliphatic carbocycles. The number of halogens is 1. The zero-order valence-corrected chi connectivity index (χ0v) is 11.3. The van der Waals surface area contributed by atoms with Gasteiger partial charge in [0.25, 0.3) is 0 Å². The van der Waals surface area contributed by atoms with Gasteiger partial charge >= 0.3 is 0 Å². The van der Waals surface area contributed by atoms with Crippen molar-refractivity contribution in [2.75, 3.05) is 0 Å². The van der Waals surface area contributed by atoms with E-state index in [0.717, 1.165) is 35.2 Å². The Labute approximate surface area is 104 Å². The Morgan fingerprint density at radius 1 is 1.56 bits per heavy atom. The van der Waals surface area contributed by atoms with E-state index in [1.54, 1.807) is 0 Å². The minimum Gasteiger partial charge on any atom is -0.388 e. The third-order valence-corrected chi connectivity index (χ3v) is 4.45. The molecule has 0 unspecified atom stereocenters. The van der Waals surface area contributed by atoms with Gasteiger partial charge in [0.1, 0.15) is 0 Å². The quantitative estimate of drug-likeness (QED) is 0.658. The second-order valence-electron chi connectivity index (χ2n) is 4.84. The first-order chi connectivity index (χ1) is 7.43. The van der Waals surface area contributed by atoms with E-state index in [0.29, 0.717) is 6.42 Å². The Bertz CT molecular complexity index is 431. The molecular formula is C11H17BrN4. The molecule has 1 aromatic heterocycles. The van der Waals surface area contributed by atoms with E-state index in [4.69, 9.17) is 11.1 Å². The smallest absolute Gasteiger partial charge is 0.0911 e. The van der Waals surface area contributed by atoms with Crippen molar-refractivity contribution in [3.63, 3.8) is 0 Å². The number of nitrogens with one attached hydrogen (secondary N) is 1. The number of hydrogen-bond donors (Lipinski definition) is 2. The van der Waals surface area contributed by atoms with E-state index in [9.17, 15) is 0 Å². The highest BCUT2D eigenvalue weighted by Crippen LogP contribution is 2.50. The summed E-state index contributed by atoms with van der Waals surface area (Å²) < 4.78 is 3.13. The summed E-state index contributed by atoms with van der Waals surface area (Å²) in [6, 6.07) is 0. The molecule has 1 aromatic rings. The minimum absolute atomic E-state index is 0.203. The lowest BCUT2D eigenvalue weighted by Crippen LogP contribution is -2.21. The van der Waals surface area contributed by atoms with Crippen molar-refractivity contribution in [1.29, 1.82) is 5.41 Å². The molecule has 5 heteroatoms. The second-order valence-corrected chi connectivity index (χ2v) is 5.64. The van der Waals surface area contributed by atoms with E-state index in [1.807, 2.05) is 11.6 Å². The number of rotatable bonds is 4. The molecule has 1 saturated carbocycles. The van der Waals surface area contributed by atoms with Crippen LogP contribution in [0, 0.1) is 24.7 Å². The van der Waals surface area contributed by atoms with Crippen molar-refractivity contribution >= 4 is 21.8 Å². The summed E-state index contributed by atoms with van der Waals surface area (Å²) in [7, 11) is 0. The fourth-order valence-electron chi connectivity index (χ4n) is 2.12. The molecule has 0 aliphatic heterocycles. The number of amidine groups is 1. The SMILES string of the molecule is Cc1nn(CC2(CC(=N)N)CC2)c(C)c1Br. The van der Waals surface area contributed by atoms with E-state index in [-0.39, 0.29) is 11.3 Å². The van der Waals surface area contributed by atoms with Crippen LogP contribution in [-0.2, 0) is 6.54 Å². The van der Waals surface area contributed by atoms with Gasteiger partial charge in [0.15, 0.2) is 0 Å². The Morgan fingerprint density at radius 3 is 2.56 bits per heavy atom. The fourth-order valence-corrected chi connectivity index (χ4v) is 2.40. The minimum atomic E-state index is 0.203. The standard InChI is InChI=1S/C11H17BrN4/c1-7-10(12)8(2)16(15-7)6-11(3-4-11)5-9(13)14/h3-6H2,1-2H3,(H3,13,14). The highest BCUT2D eigenvalue weighted by molar-refractivity contribution is 9.10. The van der Waals surface area contributed by atoms with Crippen LogP contribution in [-0.4, -0.2) is 15.6 Å². The van der Waals surface area contributed by atoms with Crippen molar-refractivity contribution in [3.05, 3.63) is 15.9 Å².